The normalized spacial score (nSPS) is 11.8. The minimum absolute atomic E-state index is 0.333. The third-order valence-corrected chi connectivity index (χ3v) is 2.61. The Bertz CT molecular complexity index is 566. The van der Waals surface area contributed by atoms with Crippen LogP contribution in [0.1, 0.15) is 16.1 Å². The molecule has 0 saturated carbocycles. The molecule has 0 spiro atoms. The van der Waals surface area contributed by atoms with Crippen molar-refractivity contribution in [2.75, 3.05) is 5.73 Å². The Morgan fingerprint density at radius 3 is 3.00 bits per heavy atom. The predicted molar refractivity (Wildman–Crippen MR) is 70.5 cm³/mol. The molecule has 0 fully saturated rings. The number of nitrogens with zero attached hydrogens (tertiary/aromatic N) is 1. The number of H-pyrrole nitrogens is 1. The topological polar surface area (TPSA) is 101 Å². The number of benzene rings is 1. The number of rotatable bonds is 5. The van der Waals surface area contributed by atoms with Gasteiger partial charge < -0.3 is 20.8 Å². The maximum Gasteiger partial charge on any atom is 0.251 e. The zero-order valence-corrected chi connectivity index (χ0v) is 10.2. The van der Waals surface area contributed by atoms with E-state index in [0.29, 0.717) is 29.7 Å². The van der Waals surface area contributed by atoms with Crippen LogP contribution in [-0.4, -0.2) is 28.2 Å². The summed E-state index contributed by atoms with van der Waals surface area (Å²) in [6.07, 6.45) is 4.25. The highest BCUT2D eigenvalue weighted by molar-refractivity contribution is 5.96. The third-order valence-electron chi connectivity index (χ3n) is 2.61. The van der Waals surface area contributed by atoms with E-state index < -0.39 is 6.04 Å². The summed E-state index contributed by atoms with van der Waals surface area (Å²) in [7, 11) is 0. The minimum atomic E-state index is -0.614. The largest absolute Gasteiger partial charge is 0.399 e. The molecular weight excluding hydrogens is 244 g/mol. The van der Waals surface area contributed by atoms with Gasteiger partial charge in [-0.05, 0) is 18.2 Å². The van der Waals surface area contributed by atoms with Crippen LogP contribution in [0, 0.1) is 0 Å². The molecule has 6 nitrogen and oxygen atoms in total. The first-order valence-electron chi connectivity index (χ1n) is 5.78. The number of nitrogens with one attached hydrogen (secondary N) is 2. The van der Waals surface area contributed by atoms with Gasteiger partial charge in [-0.25, -0.2) is 4.98 Å². The lowest BCUT2D eigenvalue weighted by molar-refractivity contribution is -0.109. The number of aromatic nitrogens is 2. The molecule has 0 aliphatic carbocycles. The Hall–Kier alpha value is -2.63. The molecule has 4 N–H and O–H groups in total. The molecule has 1 atom stereocenters. The highest BCUT2D eigenvalue weighted by Crippen LogP contribution is 2.07. The quantitative estimate of drug-likeness (QED) is 0.538. The summed E-state index contributed by atoms with van der Waals surface area (Å²) in [6, 6.07) is 5.97. The zero-order chi connectivity index (χ0) is 13.7. The first-order valence-corrected chi connectivity index (χ1v) is 5.78. The molecule has 0 aliphatic rings. The van der Waals surface area contributed by atoms with Crippen molar-refractivity contribution < 1.29 is 9.59 Å². The van der Waals surface area contributed by atoms with Crippen molar-refractivity contribution in [3.63, 3.8) is 0 Å². The molecule has 0 unspecified atom stereocenters. The average Bonchev–Trinajstić information content (AvgIpc) is 2.90. The molecule has 2 aromatic rings. The number of amides is 1. The van der Waals surface area contributed by atoms with Gasteiger partial charge in [-0.3, -0.25) is 4.79 Å². The number of anilines is 1. The second kappa shape index (κ2) is 5.81. The Labute approximate surface area is 110 Å². The van der Waals surface area contributed by atoms with Crippen LogP contribution in [0.25, 0.3) is 0 Å². The third kappa shape index (κ3) is 3.41. The second-order valence-corrected chi connectivity index (χ2v) is 4.11. The van der Waals surface area contributed by atoms with Crippen LogP contribution in [0.3, 0.4) is 0 Å². The maximum absolute atomic E-state index is 11.9. The molecule has 6 heteroatoms. The highest BCUT2D eigenvalue weighted by atomic mass is 16.2. The fraction of sp³-hybridized carbons (Fsp3) is 0.154. The first kappa shape index (κ1) is 12.8. The van der Waals surface area contributed by atoms with Gasteiger partial charge in [0.2, 0.25) is 0 Å². The van der Waals surface area contributed by atoms with E-state index in [2.05, 4.69) is 15.3 Å². The SMILES string of the molecule is Nc1cccc(C(=O)N[C@H](C=O)Cc2c[nH]cn2)c1. The highest BCUT2D eigenvalue weighted by Gasteiger charge is 2.14. The number of aldehydes is 1. The lowest BCUT2D eigenvalue weighted by Gasteiger charge is -2.11. The van der Waals surface area contributed by atoms with Crippen molar-refractivity contribution in [1.29, 1.82) is 0 Å². The molecule has 1 heterocycles. The number of hydrogen-bond donors (Lipinski definition) is 3. The van der Waals surface area contributed by atoms with E-state index in [1.54, 1.807) is 30.5 Å². The number of carbonyl (C=O) groups is 2. The van der Waals surface area contributed by atoms with Gasteiger partial charge in [0.05, 0.1) is 18.1 Å². The Kier molecular flexibility index (Phi) is 3.92. The van der Waals surface area contributed by atoms with Gasteiger partial charge in [0.25, 0.3) is 5.91 Å². The van der Waals surface area contributed by atoms with Crippen LogP contribution in [0.5, 0.6) is 0 Å². The van der Waals surface area contributed by atoms with Crippen molar-refractivity contribution in [2.24, 2.45) is 0 Å². The zero-order valence-electron chi connectivity index (χ0n) is 10.2. The molecule has 1 aromatic carbocycles. The van der Waals surface area contributed by atoms with E-state index in [0.717, 1.165) is 0 Å². The van der Waals surface area contributed by atoms with E-state index in [1.165, 1.54) is 6.33 Å². The van der Waals surface area contributed by atoms with Crippen molar-refractivity contribution >= 4 is 17.9 Å². The van der Waals surface area contributed by atoms with E-state index >= 15 is 0 Å². The van der Waals surface area contributed by atoms with Crippen molar-refractivity contribution in [2.45, 2.75) is 12.5 Å². The molecule has 2 rings (SSSR count). The fourth-order valence-electron chi connectivity index (χ4n) is 1.69. The molecule has 98 valence electrons. The maximum atomic E-state index is 11.9. The van der Waals surface area contributed by atoms with Crippen LogP contribution in [-0.2, 0) is 11.2 Å². The standard InChI is InChI=1S/C13H14N4O2/c14-10-3-1-2-9(4-10)13(19)17-12(7-18)5-11-6-15-8-16-11/h1-4,6-8,12H,5,14H2,(H,15,16)(H,17,19)/t12-/m0/s1. The average molecular weight is 258 g/mol. The summed E-state index contributed by atoms with van der Waals surface area (Å²) in [5.74, 6) is -0.333. The van der Waals surface area contributed by atoms with Crippen molar-refractivity contribution in [1.82, 2.24) is 15.3 Å². The number of hydrogen-bond acceptors (Lipinski definition) is 4. The molecule has 1 amide bonds. The smallest absolute Gasteiger partial charge is 0.251 e. The van der Waals surface area contributed by atoms with Gasteiger partial charge in [0.15, 0.2) is 0 Å². The minimum Gasteiger partial charge on any atom is -0.399 e. The van der Waals surface area contributed by atoms with Gasteiger partial charge in [0.1, 0.15) is 6.29 Å². The number of nitrogens with two attached hydrogens (primary N) is 1. The van der Waals surface area contributed by atoms with Gasteiger partial charge in [-0.2, -0.15) is 0 Å². The van der Waals surface area contributed by atoms with E-state index in [1.807, 2.05) is 0 Å². The summed E-state index contributed by atoms with van der Waals surface area (Å²) >= 11 is 0. The van der Waals surface area contributed by atoms with Crippen LogP contribution in [0.15, 0.2) is 36.8 Å². The molecule has 19 heavy (non-hydrogen) atoms. The number of imidazole rings is 1. The lowest BCUT2D eigenvalue weighted by Crippen LogP contribution is -2.37. The summed E-state index contributed by atoms with van der Waals surface area (Å²) in [6.45, 7) is 0. The van der Waals surface area contributed by atoms with Gasteiger partial charge >= 0.3 is 0 Å². The number of carbonyl (C=O) groups excluding carboxylic acids is 2. The van der Waals surface area contributed by atoms with Gasteiger partial charge in [-0.15, -0.1) is 0 Å². The molecule has 1 aromatic heterocycles. The number of aromatic amines is 1. The number of nitrogen functional groups attached to an aromatic ring is 1. The van der Waals surface area contributed by atoms with Gasteiger partial charge in [-0.1, -0.05) is 6.07 Å². The van der Waals surface area contributed by atoms with Crippen molar-refractivity contribution in [3.05, 3.63) is 48.0 Å². The van der Waals surface area contributed by atoms with E-state index in [4.69, 9.17) is 5.73 Å². The summed E-state index contributed by atoms with van der Waals surface area (Å²) in [5, 5.41) is 2.63. The summed E-state index contributed by atoms with van der Waals surface area (Å²) in [4.78, 5) is 29.7. The molecule has 0 aliphatic heterocycles. The second-order valence-electron chi connectivity index (χ2n) is 4.11. The molecular formula is C13H14N4O2. The van der Waals surface area contributed by atoms with E-state index in [-0.39, 0.29) is 5.91 Å². The Morgan fingerprint density at radius 2 is 2.37 bits per heavy atom. The predicted octanol–water partition coefficient (Wildman–Crippen LogP) is 0.532. The monoisotopic (exact) mass is 258 g/mol. The summed E-state index contributed by atoms with van der Waals surface area (Å²) < 4.78 is 0. The fourth-order valence-corrected chi connectivity index (χ4v) is 1.69. The lowest BCUT2D eigenvalue weighted by atomic mass is 10.1. The van der Waals surface area contributed by atoms with Gasteiger partial charge in [0, 0.05) is 23.9 Å². The molecule has 0 bridgehead atoms. The first-order chi connectivity index (χ1) is 9.19. The Balaban J connectivity index is 2.02. The van der Waals surface area contributed by atoms with Crippen LogP contribution in [0.4, 0.5) is 5.69 Å². The van der Waals surface area contributed by atoms with Crippen LogP contribution < -0.4 is 11.1 Å². The van der Waals surface area contributed by atoms with Crippen LogP contribution in [0.2, 0.25) is 0 Å². The summed E-state index contributed by atoms with van der Waals surface area (Å²) in [5.41, 5.74) is 7.25. The Morgan fingerprint density at radius 1 is 1.53 bits per heavy atom. The van der Waals surface area contributed by atoms with Crippen molar-refractivity contribution in [3.8, 4) is 0 Å². The van der Waals surface area contributed by atoms with E-state index in [9.17, 15) is 9.59 Å². The molecule has 0 saturated heterocycles. The molecule has 0 radical (unpaired) electrons. The van der Waals surface area contributed by atoms with Crippen LogP contribution >= 0.6 is 0 Å².